The van der Waals surface area contributed by atoms with E-state index in [0.717, 1.165) is 44.3 Å². The maximum absolute atomic E-state index is 12.6. The number of hydrogen-bond acceptors (Lipinski definition) is 3. The van der Waals surface area contributed by atoms with E-state index in [0.29, 0.717) is 5.92 Å². The third-order valence-corrected chi connectivity index (χ3v) is 4.89. The van der Waals surface area contributed by atoms with E-state index in [1.165, 1.54) is 0 Å². The van der Waals surface area contributed by atoms with Crippen LogP contribution in [0.25, 0.3) is 0 Å². The Bertz CT molecular complexity index is 490. The predicted molar refractivity (Wildman–Crippen MR) is 79.7 cm³/mol. The van der Waals surface area contributed by atoms with Gasteiger partial charge < -0.3 is 14.7 Å². The standard InChI is InChI=1S/C17H23NO3/c1-21-15(13-5-3-2-4-6-13)16(19)18-11-7-14(8-12-18)17(20)9-10-17/h2-6,14-15,20H,7-12H2,1H3/t15-/m1/s1. The van der Waals surface area contributed by atoms with Gasteiger partial charge in [0, 0.05) is 20.2 Å². The summed E-state index contributed by atoms with van der Waals surface area (Å²) < 4.78 is 5.42. The molecule has 0 bridgehead atoms. The van der Waals surface area contributed by atoms with Crippen LogP contribution in [0.2, 0.25) is 0 Å². The van der Waals surface area contributed by atoms with E-state index in [1.807, 2.05) is 35.2 Å². The highest BCUT2D eigenvalue weighted by Crippen LogP contribution is 2.46. The van der Waals surface area contributed by atoms with Gasteiger partial charge in [-0.15, -0.1) is 0 Å². The van der Waals surface area contributed by atoms with E-state index in [9.17, 15) is 9.90 Å². The fourth-order valence-electron chi connectivity index (χ4n) is 3.35. The largest absolute Gasteiger partial charge is 0.390 e. The Balaban J connectivity index is 1.62. The highest BCUT2D eigenvalue weighted by atomic mass is 16.5. The lowest BCUT2D eigenvalue weighted by atomic mass is 9.89. The summed E-state index contributed by atoms with van der Waals surface area (Å²) in [6.07, 6.45) is 3.12. The molecule has 2 fully saturated rings. The molecule has 0 unspecified atom stereocenters. The maximum Gasteiger partial charge on any atom is 0.256 e. The molecule has 1 heterocycles. The monoisotopic (exact) mass is 289 g/mol. The number of carbonyl (C=O) groups excluding carboxylic acids is 1. The Hall–Kier alpha value is -1.39. The minimum absolute atomic E-state index is 0.0323. The first-order valence-electron chi connectivity index (χ1n) is 7.73. The van der Waals surface area contributed by atoms with Gasteiger partial charge >= 0.3 is 0 Å². The summed E-state index contributed by atoms with van der Waals surface area (Å²) in [5.41, 5.74) is 0.475. The molecule has 114 valence electrons. The van der Waals surface area contributed by atoms with Crippen molar-refractivity contribution in [1.29, 1.82) is 0 Å². The number of benzene rings is 1. The molecule has 1 aliphatic heterocycles. The highest BCUT2D eigenvalue weighted by Gasteiger charge is 2.48. The summed E-state index contributed by atoms with van der Waals surface area (Å²) in [7, 11) is 1.58. The Morgan fingerprint density at radius 1 is 1.29 bits per heavy atom. The molecule has 1 N–H and O–H groups in total. The van der Waals surface area contributed by atoms with Crippen LogP contribution in [-0.4, -0.2) is 41.7 Å². The number of likely N-dealkylation sites (tertiary alicyclic amines) is 1. The van der Waals surface area contributed by atoms with Crippen LogP contribution in [-0.2, 0) is 9.53 Å². The van der Waals surface area contributed by atoms with Crippen LogP contribution in [0.3, 0.4) is 0 Å². The molecule has 0 spiro atoms. The SMILES string of the molecule is CO[C@@H](C(=O)N1CCC(C2(O)CC2)CC1)c1ccccc1. The van der Waals surface area contributed by atoms with Gasteiger partial charge in [0.2, 0.25) is 0 Å². The van der Waals surface area contributed by atoms with Crippen LogP contribution < -0.4 is 0 Å². The van der Waals surface area contributed by atoms with Gasteiger partial charge in [0.05, 0.1) is 5.60 Å². The molecule has 1 aromatic carbocycles. The zero-order valence-electron chi connectivity index (χ0n) is 12.5. The van der Waals surface area contributed by atoms with E-state index in [-0.39, 0.29) is 5.91 Å². The summed E-state index contributed by atoms with van der Waals surface area (Å²) in [5, 5.41) is 10.2. The van der Waals surface area contributed by atoms with Crippen molar-refractivity contribution in [3.8, 4) is 0 Å². The van der Waals surface area contributed by atoms with Crippen LogP contribution in [0.15, 0.2) is 30.3 Å². The molecule has 21 heavy (non-hydrogen) atoms. The van der Waals surface area contributed by atoms with Crippen LogP contribution >= 0.6 is 0 Å². The lowest BCUT2D eigenvalue weighted by Crippen LogP contribution is -2.44. The number of nitrogens with zero attached hydrogens (tertiary/aromatic N) is 1. The molecule has 1 aliphatic carbocycles. The summed E-state index contributed by atoms with van der Waals surface area (Å²) in [6, 6.07) is 9.62. The molecule has 1 atom stereocenters. The molecule has 0 aromatic heterocycles. The second kappa shape index (κ2) is 5.78. The van der Waals surface area contributed by atoms with Crippen molar-refractivity contribution in [3.05, 3.63) is 35.9 Å². The van der Waals surface area contributed by atoms with Crippen LogP contribution in [0.4, 0.5) is 0 Å². The molecular formula is C17H23NO3. The van der Waals surface area contributed by atoms with Crippen LogP contribution in [0, 0.1) is 5.92 Å². The third kappa shape index (κ3) is 2.97. The molecule has 1 saturated carbocycles. The number of hydrogen-bond donors (Lipinski definition) is 1. The van der Waals surface area contributed by atoms with E-state index in [2.05, 4.69) is 0 Å². The Labute approximate surface area is 125 Å². The molecule has 2 aliphatic rings. The quantitative estimate of drug-likeness (QED) is 0.924. The summed E-state index contributed by atoms with van der Waals surface area (Å²) in [5.74, 6) is 0.393. The zero-order valence-corrected chi connectivity index (χ0v) is 12.5. The lowest BCUT2D eigenvalue weighted by molar-refractivity contribution is -0.144. The Morgan fingerprint density at radius 2 is 1.90 bits per heavy atom. The minimum atomic E-state index is -0.522. The number of aliphatic hydroxyl groups is 1. The first kappa shape index (κ1) is 14.5. The molecule has 0 radical (unpaired) electrons. The molecule has 1 aromatic rings. The second-order valence-electron chi connectivity index (χ2n) is 6.23. The van der Waals surface area contributed by atoms with Crippen molar-refractivity contribution >= 4 is 5.91 Å². The van der Waals surface area contributed by atoms with Crippen molar-refractivity contribution in [2.75, 3.05) is 20.2 Å². The highest BCUT2D eigenvalue weighted by molar-refractivity contribution is 5.82. The number of piperidine rings is 1. The van der Waals surface area contributed by atoms with Crippen molar-refractivity contribution < 1.29 is 14.6 Å². The van der Waals surface area contributed by atoms with Gasteiger partial charge in [-0.05, 0) is 37.2 Å². The van der Waals surface area contributed by atoms with E-state index in [4.69, 9.17) is 4.74 Å². The lowest BCUT2D eigenvalue weighted by Gasteiger charge is -2.36. The fourth-order valence-corrected chi connectivity index (χ4v) is 3.35. The minimum Gasteiger partial charge on any atom is -0.390 e. The van der Waals surface area contributed by atoms with Gasteiger partial charge in [0.15, 0.2) is 6.10 Å². The van der Waals surface area contributed by atoms with Crippen molar-refractivity contribution in [2.45, 2.75) is 37.4 Å². The molecule has 4 heteroatoms. The zero-order chi connectivity index (χ0) is 14.9. The topological polar surface area (TPSA) is 49.8 Å². The Kier molecular flexibility index (Phi) is 4.00. The molecule has 3 rings (SSSR count). The first-order valence-corrected chi connectivity index (χ1v) is 7.73. The second-order valence-corrected chi connectivity index (χ2v) is 6.23. The maximum atomic E-state index is 12.6. The smallest absolute Gasteiger partial charge is 0.256 e. The summed E-state index contributed by atoms with van der Waals surface area (Å²) in [4.78, 5) is 14.5. The molecular weight excluding hydrogens is 266 g/mol. The van der Waals surface area contributed by atoms with Gasteiger partial charge in [-0.3, -0.25) is 4.79 Å². The number of amides is 1. The average molecular weight is 289 g/mol. The summed E-state index contributed by atoms with van der Waals surface area (Å²) in [6.45, 7) is 1.44. The van der Waals surface area contributed by atoms with Gasteiger partial charge in [0.1, 0.15) is 0 Å². The normalized spacial score (nSPS) is 22.9. The van der Waals surface area contributed by atoms with Crippen molar-refractivity contribution in [3.63, 3.8) is 0 Å². The van der Waals surface area contributed by atoms with E-state index < -0.39 is 11.7 Å². The molecule has 4 nitrogen and oxygen atoms in total. The van der Waals surface area contributed by atoms with E-state index in [1.54, 1.807) is 7.11 Å². The number of carbonyl (C=O) groups is 1. The Morgan fingerprint density at radius 3 is 2.43 bits per heavy atom. The first-order chi connectivity index (χ1) is 10.1. The van der Waals surface area contributed by atoms with Gasteiger partial charge in [-0.1, -0.05) is 30.3 Å². The fraction of sp³-hybridized carbons (Fsp3) is 0.588. The molecule has 1 amide bonds. The van der Waals surface area contributed by atoms with E-state index >= 15 is 0 Å². The molecule has 1 saturated heterocycles. The predicted octanol–water partition coefficient (Wildman–Crippen LogP) is 2.14. The summed E-state index contributed by atoms with van der Waals surface area (Å²) >= 11 is 0. The average Bonchev–Trinajstić information content (AvgIpc) is 3.28. The van der Waals surface area contributed by atoms with Crippen molar-refractivity contribution in [1.82, 2.24) is 4.90 Å². The van der Waals surface area contributed by atoms with Crippen LogP contribution in [0.1, 0.15) is 37.4 Å². The number of rotatable bonds is 4. The number of ether oxygens (including phenoxy) is 1. The van der Waals surface area contributed by atoms with Gasteiger partial charge in [0.25, 0.3) is 5.91 Å². The van der Waals surface area contributed by atoms with Gasteiger partial charge in [-0.25, -0.2) is 0 Å². The van der Waals surface area contributed by atoms with Gasteiger partial charge in [-0.2, -0.15) is 0 Å². The van der Waals surface area contributed by atoms with Crippen LogP contribution in [0.5, 0.6) is 0 Å². The number of methoxy groups -OCH3 is 1. The van der Waals surface area contributed by atoms with Crippen molar-refractivity contribution in [2.24, 2.45) is 5.92 Å². The third-order valence-electron chi connectivity index (χ3n) is 4.89.